The molecule has 0 N–H and O–H groups in total. The number of aryl methyl sites for hydroxylation is 1. The molecule has 0 spiro atoms. The van der Waals surface area contributed by atoms with E-state index in [4.69, 9.17) is 7.85 Å². The molecule has 0 heterocycles. The van der Waals surface area contributed by atoms with E-state index in [1.807, 2.05) is 33.0 Å². The van der Waals surface area contributed by atoms with Crippen molar-refractivity contribution < 1.29 is 0 Å². The van der Waals surface area contributed by atoms with E-state index in [-0.39, 0.29) is 5.82 Å². The maximum Gasteiger partial charge on any atom is 0.0700 e. The fourth-order valence-corrected chi connectivity index (χ4v) is 1.21. The van der Waals surface area contributed by atoms with Crippen molar-refractivity contribution in [3.05, 3.63) is 35.4 Å². The average molecular weight is 203 g/mol. The van der Waals surface area contributed by atoms with Crippen LogP contribution in [-0.2, 0) is 6.42 Å². The normalized spacial score (nSPS) is 11.9. The maximum atomic E-state index is 5.67. The van der Waals surface area contributed by atoms with E-state index in [1.54, 1.807) is 0 Å². The van der Waals surface area contributed by atoms with Crippen LogP contribution >= 0.6 is 0 Å². The Morgan fingerprint density at radius 2 is 1.80 bits per heavy atom. The molecule has 0 saturated heterocycles. The number of nitrogens with zero attached hydrogens (tertiary/aromatic N) is 1. The number of hydrogen-bond acceptors (Lipinski definition) is 1. The molecule has 0 aliphatic rings. The lowest BCUT2D eigenvalue weighted by molar-refractivity contribution is 0.505. The van der Waals surface area contributed by atoms with Gasteiger partial charge in [-0.1, -0.05) is 42.6 Å². The summed E-state index contributed by atoms with van der Waals surface area (Å²) in [6.07, 6.45) is 0.974. The van der Waals surface area contributed by atoms with Crippen LogP contribution in [-0.4, -0.2) is 33.9 Å². The fourth-order valence-electron chi connectivity index (χ4n) is 1.21. The first kappa shape index (κ1) is 14.2. The van der Waals surface area contributed by atoms with Crippen molar-refractivity contribution in [3.63, 3.8) is 0 Å². The van der Waals surface area contributed by atoms with Crippen LogP contribution in [0.15, 0.2) is 24.3 Å². The second-order valence-electron chi connectivity index (χ2n) is 4.51. The van der Waals surface area contributed by atoms with Crippen LogP contribution in [0.2, 0.25) is 5.82 Å². The Kier molecular flexibility index (Phi) is 7.15. The van der Waals surface area contributed by atoms with Crippen LogP contribution < -0.4 is 0 Å². The van der Waals surface area contributed by atoms with Crippen molar-refractivity contribution in [2.45, 2.75) is 26.1 Å². The van der Waals surface area contributed by atoms with Crippen molar-refractivity contribution in [1.82, 2.24) is 4.90 Å². The van der Waals surface area contributed by atoms with Crippen LogP contribution in [0.4, 0.5) is 0 Å². The molecule has 1 atom stereocenters. The highest BCUT2D eigenvalue weighted by Gasteiger charge is 1.96. The van der Waals surface area contributed by atoms with E-state index < -0.39 is 0 Å². The van der Waals surface area contributed by atoms with E-state index in [0.717, 1.165) is 6.42 Å². The van der Waals surface area contributed by atoms with Gasteiger partial charge in [0.05, 0.1) is 7.85 Å². The minimum Gasteiger partial charge on any atom is -0.312 e. The maximum absolute atomic E-state index is 5.67. The standard InChI is InChI=1S/C10H13B.C3H9N/c1-8-4-3-5-10(6-8)7-9(2)11;1-4(2)3/h3-6,9H,7H2,1-2H3;1-3H3. The third-order valence-electron chi connectivity index (χ3n) is 1.64. The Bertz CT molecular complexity index is 266. The molecule has 2 radical (unpaired) electrons. The minimum atomic E-state index is 0.261. The van der Waals surface area contributed by atoms with E-state index in [9.17, 15) is 0 Å². The largest absolute Gasteiger partial charge is 0.312 e. The third-order valence-corrected chi connectivity index (χ3v) is 1.64. The van der Waals surface area contributed by atoms with Crippen LogP contribution in [0, 0.1) is 6.92 Å². The summed E-state index contributed by atoms with van der Waals surface area (Å²) in [5, 5.41) is 0. The summed E-state index contributed by atoms with van der Waals surface area (Å²) in [7, 11) is 11.7. The summed E-state index contributed by atoms with van der Waals surface area (Å²) >= 11 is 0. The first-order valence-electron chi connectivity index (χ1n) is 5.34. The number of rotatable bonds is 2. The zero-order valence-electron chi connectivity index (χ0n) is 10.6. The Morgan fingerprint density at radius 1 is 1.27 bits per heavy atom. The summed E-state index contributed by atoms with van der Waals surface area (Å²) in [5.74, 6) is 0.261. The molecule has 0 amide bonds. The average Bonchev–Trinajstić information content (AvgIpc) is 2.00. The summed E-state index contributed by atoms with van der Waals surface area (Å²) in [5.41, 5.74) is 2.64. The lowest BCUT2D eigenvalue weighted by Gasteiger charge is -2.04. The van der Waals surface area contributed by atoms with Crippen LogP contribution in [0.5, 0.6) is 0 Å². The van der Waals surface area contributed by atoms with E-state index >= 15 is 0 Å². The van der Waals surface area contributed by atoms with Gasteiger partial charge in [0.15, 0.2) is 0 Å². The molecule has 1 aromatic rings. The summed E-state index contributed by atoms with van der Waals surface area (Å²) in [4.78, 5) is 2.00. The quantitative estimate of drug-likeness (QED) is 0.668. The van der Waals surface area contributed by atoms with Crippen molar-refractivity contribution in [1.29, 1.82) is 0 Å². The zero-order valence-corrected chi connectivity index (χ0v) is 10.6. The molecule has 0 bridgehead atoms. The van der Waals surface area contributed by atoms with Crippen LogP contribution in [0.3, 0.4) is 0 Å². The molecule has 0 aliphatic carbocycles. The van der Waals surface area contributed by atoms with Gasteiger partial charge < -0.3 is 4.90 Å². The predicted molar refractivity (Wildman–Crippen MR) is 69.7 cm³/mol. The van der Waals surface area contributed by atoms with Crippen molar-refractivity contribution in [2.24, 2.45) is 0 Å². The van der Waals surface area contributed by atoms with E-state index in [1.165, 1.54) is 11.1 Å². The highest BCUT2D eigenvalue weighted by Crippen LogP contribution is 2.10. The summed E-state index contributed by atoms with van der Waals surface area (Å²) < 4.78 is 0. The Morgan fingerprint density at radius 3 is 2.20 bits per heavy atom. The van der Waals surface area contributed by atoms with Gasteiger partial charge in [0.1, 0.15) is 0 Å². The number of hydrogen-bond donors (Lipinski definition) is 0. The Labute approximate surface area is 95.9 Å². The second kappa shape index (κ2) is 7.53. The third kappa shape index (κ3) is 9.55. The SMILES string of the molecule is CN(C)C.[B]C(C)Cc1cccc(C)c1. The van der Waals surface area contributed by atoms with Crippen LogP contribution in [0.1, 0.15) is 18.1 Å². The predicted octanol–water partition coefficient (Wildman–Crippen LogP) is 2.69. The molecular weight excluding hydrogens is 181 g/mol. The van der Waals surface area contributed by atoms with E-state index in [0.29, 0.717) is 0 Å². The molecule has 0 aromatic heterocycles. The molecule has 82 valence electrons. The Balaban J connectivity index is 0.000000423. The van der Waals surface area contributed by atoms with Crippen molar-refractivity contribution in [2.75, 3.05) is 21.1 Å². The molecular formula is C13H22BN. The molecule has 1 nitrogen and oxygen atoms in total. The van der Waals surface area contributed by atoms with Crippen LogP contribution in [0.25, 0.3) is 0 Å². The lowest BCUT2D eigenvalue weighted by atomic mass is 9.84. The molecule has 1 unspecified atom stereocenters. The molecule has 2 heteroatoms. The Hall–Kier alpha value is -0.755. The fraction of sp³-hybridized carbons (Fsp3) is 0.538. The summed E-state index contributed by atoms with van der Waals surface area (Å²) in [6.45, 7) is 4.13. The van der Waals surface area contributed by atoms with Gasteiger partial charge in [-0.3, -0.25) is 0 Å². The van der Waals surface area contributed by atoms with Gasteiger partial charge in [0, 0.05) is 0 Å². The smallest absolute Gasteiger partial charge is 0.0700 e. The molecule has 1 rings (SSSR count). The molecule has 0 aliphatic heterocycles. The zero-order chi connectivity index (χ0) is 11.8. The topological polar surface area (TPSA) is 3.24 Å². The minimum absolute atomic E-state index is 0.261. The molecule has 0 saturated carbocycles. The highest BCUT2D eigenvalue weighted by molar-refractivity contribution is 6.11. The first-order chi connectivity index (χ1) is 6.91. The van der Waals surface area contributed by atoms with E-state index in [2.05, 4.69) is 31.2 Å². The van der Waals surface area contributed by atoms with Gasteiger partial charge in [-0.15, -0.1) is 0 Å². The van der Waals surface area contributed by atoms with Gasteiger partial charge in [-0.2, -0.15) is 0 Å². The first-order valence-corrected chi connectivity index (χ1v) is 5.34. The van der Waals surface area contributed by atoms with Gasteiger partial charge in [-0.25, -0.2) is 0 Å². The van der Waals surface area contributed by atoms with Gasteiger partial charge >= 0.3 is 0 Å². The monoisotopic (exact) mass is 203 g/mol. The second-order valence-corrected chi connectivity index (χ2v) is 4.51. The molecule has 1 aromatic carbocycles. The van der Waals surface area contributed by atoms with Gasteiger partial charge in [-0.05, 0) is 40.1 Å². The van der Waals surface area contributed by atoms with Gasteiger partial charge in [0.2, 0.25) is 0 Å². The number of benzene rings is 1. The van der Waals surface area contributed by atoms with Crippen molar-refractivity contribution in [3.8, 4) is 0 Å². The van der Waals surface area contributed by atoms with Crippen molar-refractivity contribution >= 4 is 7.85 Å². The van der Waals surface area contributed by atoms with Gasteiger partial charge in [0.25, 0.3) is 0 Å². The molecule has 0 fully saturated rings. The molecule has 15 heavy (non-hydrogen) atoms. The lowest BCUT2D eigenvalue weighted by Crippen LogP contribution is -1.99. The summed E-state index contributed by atoms with van der Waals surface area (Å²) in [6, 6.07) is 8.48. The highest BCUT2D eigenvalue weighted by atomic mass is 15.0.